The van der Waals surface area contributed by atoms with Crippen molar-refractivity contribution < 1.29 is 18.7 Å². The van der Waals surface area contributed by atoms with Gasteiger partial charge in [0.15, 0.2) is 5.60 Å². The molecular weight excluding hydrogens is 168 g/mol. The van der Waals surface area contributed by atoms with Gasteiger partial charge in [0, 0.05) is 13.2 Å². The van der Waals surface area contributed by atoms with Crippen LogP contribution in [0.1, 0.15) is 6.92 Å². The Labute approximate surface area is 68.3 Å². The van der Waals surface area contributed by atoms with E-state index in [1.165, 1.54) is 7.05 Å². The minimum Gasteiger partial charge on any atom is -0.379 e. The average molecular weight is 177 g/mol. The molecule has 0 aromatic carbocycles. The molecule has 1 heterocycles. The quantitative estimate of drug-likeness (QED) is 0.580. The number of carbonyl (C=O) groups is 1. The summed E-state index contributed by atoms with van der Waals surface area (Å²) in [7, 11) is 1.21. The third kappa shape index (κ3) is 1.01. The van der Waals surface area contributed by atoms with E-state index in [1.807, 2.05) is 0 Å². The SMILES string of the molecule is CN1C=CC(C)(O)C(F)(F)C1=O. The van der Waals surface area contributed by atoms with Gasteiger partial charge < -0.3 is 10.0 Å². The minimum atomic E-state index is -3.74. The van der Waals surface area contributed by atoms with Crippen LogP contribution in [0.15, 0.2) is 12.3 Å². The molecule has 3 nitrogen and oxygen atoms in total. The first-order valence-electron chi connectivity index (χ1n) is 3.36. The van der Waals surface area contributed by atoms with Crippen LogP contribution in [0.25, 0.3) is 0 Å². The van der Waals surface area contributed by atoms with Crippen molar-refractivity contribution in [3.8, 4) is 0 Å². The molecule has 1 aliphatic rings. The summed E-state index contributed by atoms with van der Waals surface area (Å²) in [6, 6.07) is 0. The van der Waals surface area contributed by atoms with Gasteiger partial charge in [-0.15, -0.1) is 0 Å². The smallest absolute Gasteiger partial charge is 0.356 e. The van der Waals surface area contributed by atoms with Crippen LogP contribution in [-0.4, -0.2) is 34.5 Å². The van der Waals surface area contributed by atoms with Crippen LogP contribution in [0.5, 0.6) is 0 Å². The fourth-order valence-corrected chi connectivity index (χ4v) is 0.867. The molecule has 1 unspecified atom stereocenters. The minimum absolute atomic E-state index is 0.748. The van der Waals surface area contributed by atoms with Gasteiger partial charge in [-0.05, 0) is 13.0 Å². The molecule has 1 atom stereocenters. The zero-order chi connectivity index (χ0) is 9.57. The number of amides is 1. The molecule has 68 valence electrons. The second-order valence-corrected chi connectivity index (χ2v) is 2.95. The van der Waals surface area contributed by atoms with Gasteiger partial charge in [0.1, 0.15) is 0 Å². The normalized spacial score (nSPS) is 34.1. The van der Waals surface area contributed by atoms with Crippen molar-refractivity contribution in [2.24, 2.45) is 0 Å². The van der Waals surface area contributed by atoms with E-state index in [-0.39, 0.29) is 0 Å². The molecule has 1 rings (SSSR count). The fraction of sp³-hybridized carbons (Fsp3) is 0.571. The van der Waals surface area contributed by atoms with Crippen molar-refractivity contribution in [1.29, 1.82) is 0 Å². The summed E-state index contributed by atoms with van der Waals surface area (Å²) >= 11 is 0. The molecule has 0 aromatic rings. The topological polar surface area (TPSA) is 40.5 Å². The van der Waals surface area contributed by atoms with Crippen LogP contribution in [0.2, 0.25) is 0 Å². The number of hydrogen-bond acceptors (Lipinski definition) is 2. The van der Waals surface area contributed by atoms with Gasteiger partial charge in [0.05, 0.1) is 0 Å². The summed E-state index contributed by atoms with van der Waals surface area (Å²) in [5.41, 5.74) is -2.38. The van der Waals surface area contributed by atoms with Crippen LogP contribution in [0.4, 0.5) is 8.78 Å². The second-order valence-electron chi connectivity index (χ2n) is 2.95. The van der Waals surface area contributed by atoms with E-state index in [0.29, 0.717) is 0 Å². The first-order chi connectivity index (χ1) is 5.29. The molecule has 0 bridgehead atoms. The summed E-state index contributed by atoms with van der Waals surface area (Å²) in [6.45, 7) is 0.897. The van der Waals surface area contributed by atoms with E-state index in [2.05, 4.69) is 0 Å². The molecule has 1 N–H and O–H groups in total. The average Bonchev–Trinajstić information content (AvgIpc) is 1.96. The number of carbonyl (C=O) groups excluding carboxylic acids is 1. The van der Waals surface area contributed by atoms with E-state index in [9.17, 15) is 13.6 Å². The maximum Gasteiger partial charge on any atom is 0.356 e. The maximum atomic E-state index is 12.9. The van der Waals surface area contributed by atoms with Crippen LogP contribution in [-0.2, 0) is 4.79 Å². The Balaban J connectivity index is 3.14. The van der Waals surface area contributed by atoms with Crippen molar-refractivity contribution in [3.63, 3.8) is 0 Å². The lowest BCUT2D eigenvalue weighted by molar-refractivity contribution is -0.186. The van der Waals surface area contributed by atoms with Crippen LogP contribution in [0, 0.1) is 0 Å². The van der Waals surface area contributed by atoms with Crippen molar-refractivity contribution in [2.45, 2.75) is 18.4 Å². The molecule has 0 saturated heterocycles. The third-order valence-corrected chi connectivity index (χ3v) is 1.85. The number of rotatable bonds is 0. The largest absolute Gasteiger partial charge is 0.379 e. The Kier molecular flexibility index (Phi) is 1.72. The lowest BCUT2D eigenvalue weighted by Crippen LogP contribution is -2.56. The molecule has 12 heavy (non-hydrogen) atoms. The molecule has 0 radical (unpaired) electrons. The molecule has 0 fully saturated rings. The Morgan fingerprint density at radius 1 is 1.58 bits per heavy atom. The van der Waals surface area contributed by atoms with Gasteiger partial charge in [0.2, 0.25) is 0 Å². The lowest BCUT2D eigenvalue weighted by Gasteiger charge is -2.34. The van der Waals surface area contributed by atoms with E-state index < -0.39 is 17.4 Å². The summed E-state index contributed by atoms with van der Waals surface area (Å²) in [6.07, 6.45) is 2.02. The fourth-order valence-electron chi connectivity index (χ4n) is 0.867. The highest BCUT2D eigenvalue weighted by molar-refractivity contribution is 5.87. The Morgan fingerprint density at radius 3 is 2.50 bits per heavy atom. The second kappa shape index (κ2) is 2.26. The van der Waals surface area contributed by atoms with Crippen LogP contribution < -0.4 is 0 Å². The summed E-state index contributed by atoms with van der Waals surface area (Å²) < 4.78 is 25.9. The van der Waals surface area contributed by atoms with Gasteiger partial charge in [0.25, 0.3) is 5.91 Å². The number of nitrogens with zero attached hydrogens (tertiary/aromatic N) is 1. The van der Waals surface area contributed by atoms with E-state index in [0.717, 1.165) is 24.1 Å². The molecule has 0 saturated carbocycles. The predicted molar refractivity (Wildman–Crippen MR) is 37.5 cm³/mol. The van der Waals surface area contributed by atoms with E-state index >= 15 is 0 Å². The zero-order valence-electron chi connectivity index (χ0n) is 6.71. The number of aliphatic hydroxyl groups is 1. The van der Waals surface area contributed by atoms with Gasteiger partial charge in [-0.25, -0.2) is 0 Å². The molecule has 5 heteroatoms. The standard InChI is InChI=1S/C7H9F2NO2/c1-6(12)3-4-10(2)5(11)7(6,8)9/h3-4,12H,1-2H3. The molecule has 1 aliphatic heterocycles. The lowest BCUT2D eigenvalue weighted by atomic mass is 9.94. The first-order valence-corrected chi connectivity index (χ1v) is 3.36. The summed E-state index contributed by atoms with van der Waals surface area (Å²) in [5.74, 6) is -5.13. The summed E-state index contributed by atoms with van der Waals surface area (Å²) in [5, 5.41) is 9.11. The van der Waals surface area contributed by atoms with Crippen molar-refractivity contribution >= 4 is 5.91 Å². The monoisotopic (exact) mass is 177 g/mol. The molecule has 0 spiro atoms. The number of halogens is 2. The highest BCUT2D eigenvalue weighted by atomic mass is 19.3. The van der Waals surface area contributed by atoms with Gasteiger partial charge in [-0.2, -0.15) is 8.78 Å². The van der Waals surface area contributed by atoms with Crippen LogP contribution >= 0.6 is 0 Å². The molecule has 0 aromatic heterocycles. The van der Waals surface area contributed by atoms with Gasteiger partial charge >= 0.3 is 5.92 Å². The van der Waals surface area contributed by atoms with Crippen molar-refractivity contribution in [1.82, 2.24) is 4.90 Å². The predicted octanol–water partition coefficient (Wildman–Crippen LogP) is 0.358. The highest BCUT2D eigenvalue weighted by Gasteiger charge is 2.57. The van der Waals surface area contributed by atoms with Crippen LogP contribution in [0.3, 0.4) is 0 Å². The number of alkyl halides is 2. The van der Waals surface area contributed by atoms with Gasteiger partial charge in [-0.1, -0.05) is 0 Å². The molecule has 1 amide bonds. The molecule has 0 aliphatic carbocycles. The van der Waals surface area contributed by atoms with Gasteiger partial charge in [-0.3, -0.25) is 4.79 Å². The Bertz CT molecular complexity index is 248. The molecular formula is C7H9F2NO2. The summed E-state index contributed by atoms with van der Waals surface area (Å²) in [4.78, 5) is 11.6. The first kappa shape index (κ1) is 9.12. The Hall–Kier alpha value is -0.970. The maximum absolute atomic E-state index is 12.9. The third-order valence-electron chi connectivity index (χ3n) is 1.85. The highest BCUT2D eigenvalue weighted by Crippen LogP contribution is 2.34. The zero-order valence-corrected chi connectivity index (χ0v) is 6.71. The van der Waals surface area contributed by atoms with Crippen molar-refractivity contribution in [2.75, 3.05) is 7.05 Å². The van der Waals surface area contributed by atoms with Crippen molar-refractivity contribution in [3.05, 3.63) is 12.3 Å². The Morgan fingerprint density at radius 2 is 2.08 bits per heavy atom. The van der Waals surface area contributed by atoms with E-state index in [4.69, 9.17) is 5.11 Å². The van der Waals surface area contributed by atoms with E-state index in [1.54, 1.807) is 0 Å². The number of hydrogen-bond donors (Lipinski definition) is 1.